The molecular weight excluding hydrogens is 256 g/mol. The fourth-order valence-electron chi connectivity index (χ4n) is 1.81. The van der Waals surface area contributed by atoms with E-state index in [1.807, 2.05) is 18.2 Å². The van der Waals surface area contributed by atoms with Crippen molar-refractivity contribution in [2.24, 2.45) is 0 Å². The van der Waals surface area contributed by atoms with Gasteiger partial charge in [-0.3, -0.25) is 9.78 Å². The summed E-state index contributed by atoms with van der Waals surface area (Å²) < 4.78 is 10.5. The van der Waals surface area contributed by atoms with Gasteiger partial charge in [-0.1, -0.05) is 6.07 Å². The molecule has 1 aliphatic rings. The minimum Gasteiger partial charge on any atom is -0.454 e. The highest BCUT2D eigenvalue weighted by Gasteiger charge is 2.12. The summed E-state index contributed by atoms with van der Waals surface area (Å²) in [5.41, 5.74) is 1.53. The first-order valence-electron chi connectivity index (χ1n) is 6.10. The Balaban J connectivity index is 1.66. The molecule has 1 aliphatic heterocycles. The van der Waals surface area contributed by atoms with Crippen LogP contribution in [0.3, 0.4) is 0 Å². The van der Waals surface area contributed by atoms with Crippen molar-refractivity contribution >= 4 is 17.7 Å². The normalized spacial score (nSPS) is 12.6. The van der Waals surface area contributed by atoms with Crippen LogP contribution in [-0.2, 0) is 4.79 Å². The molecule has 0 unspecified atom stereocenters. The van der Waals surface area contributed by atoms with Crippen molar-refractivity contribution in [3.8, 4) is 11.5 Å². The number of nitrogens with one attached hydrogen (secondary N) is 1. The van der Waals surface area contributed by atoms with Crippen LogP contribution < -0.4 is 14.8 Å². The van der Waals surface area contributed by atoms with Crippen LogP contribution >= 0.6 is 0 Å². The molecule has 0 saturated heterocycles. The third-order valence-electron chi connectivity index (χ3n) is 2.75. The Morgan fingerprint density at radius 2 is 2.15 bits per heavy atom. The van der Waals surface area contributed by atoms with E-state index in [0.717, 1.165) is 11.3 Å². The van der Waals surface area contributed by atoms with Crippen LogP contribution in [0.1, 0.15) is 5.56 Å². The Morgan fingerprint density at radius 3 is 3.00 bits per heavy atom. The maximum absolute atomic E-state index is 11.7. The van der Waals surface area contributed by atoms with Crippen LogP contribution in [0.5, 0.6) is 11.5 Å². The zero-order valence-electron chi connectivity index (χ0n) is 10.6. The highest BCUT2D eigenvalue weighted by molar-refractivity contribution is 6.01. The minimum atomic E-state index is -0.212. The summed E-state index contributed by atoms with van der Waals surface area (Å²) in [7, 11) is 0. The van der Waals surface area contributed by atoms with E-state index in [1.54, 1.807) is 30.6 Å². The van der Waals surface area contributed by atoms with Crippen molar-refractivity contribution < 1.29 is 14.3 Å². The Labute approximate surface area is 115 Å². The van der Waals surface area contributed by atoms with Gasteiger partial charge in [0.1, 0.15) is 0 Å². The minimum absolute atomic E-state index is 0.212. The molecule has 2 heterocycles. The average molecular weight is 268 g/mol. The number of carbonyl (C=O) groups excluding carboxylic acids is 1. The van der Waals surface area contributed by atoms with Gasteiger partial charge < -0.3 is 14.8 Å². The molecule has 0 radical (unpaired) electrons. The number of fused-ring (bicyclic) bond motifs is 1. The molecule has 0 saturated carbocycles. The number of aromatic nitrogens is 1. The number of amides is 1. The van der Waals surface area contributed by atoms with Gasteiger partial charge in [-0.15, -0.1) is 0 Å². The molecule has 0 bridgehead atoms. The lowest BCUT2D eigenvalue weighted by Crippen LogP contribution is -2.07. The lowest BCUT2D eigenvalue weighted by molar-refractivity contribution is -0.111. The monoisotopic (exact) mass is 268 g/mol. The van der Waals surface area contributed by atoms with Crippen molar-refractivity contribution in [1.82, 2.24) is 4.98 Å². The van der Waals surface area contributed by atoms with Crippen LogP contribution in [0, 0.1) is 0 Å². The van der Waals surface area contributed by atoms with E-state index in [2.05, 4.69) is 10.3 Å². The Kier molecular flexibility index (Phi) is 3.33. The summed E-state index contributed by atoms with van der Waals surface area (Å²) in [5, 5.41) is 2.72. The van der Waals surface area contributed by atoms with Crippen LogP contribution in [0.2, 0.25) is 0 Å². The predicted octanol–water partition coefficient (Wildman–Crippen LogP) is 2.46. The van der Waals surface area contributed by atoms with Crippen molar-refractivity contribution in [3.05, 3.63) is 54.4 Å². The number of rotatable bonds is 3. The number of pyridine rings is 1. The standard InChI is InChI=1S/C15H12N2O3/c18-15(17-12-2-1-7-16-9-12)6-4-11-3-5-13-14(8-11)20-10-19-13/h1-9H,10H2,(H,17,18)/b6-4+. The Hall–Kier alpha value is -2.82. The number of anilines is 1. The molecule has 3 rings (SSSR count). The van der Waals surface area contributed by atoms with E-state index >= 15 is 0 Å². The zero-order valence-corrected chi connectivity index (χ0v) is 10.6. The lowest BCUT2D eigenvalue weighted by atomic mass is 10.2. The molecular formula is C15H12N2O3. The molecule has 1 amide bonds. The van der Waals surface area contributed by atoms with E-state index < -0.39 is 0 Å². The van der Waals surface area contributed by atoms with Crippen LogP contribution in [-0.4, -0.2) is 17.7 Å². The van der Waals surface area contributed by atoms with Gasteiger partial charge in [-0.05, 0) is 35.9 Å². The highest BCUT2D eigenvalue weighted by atomic mass is 16.7. The summed E-state index contributed by atoms with van der Waals surface area (Å²) in [5.74, 6) is 1.21. The molecule has 1 aromatic carbocycles. The number of benzene rings is 1. The van der Waals surface area contributed by atoms with Crippen LogP contribution in [0.25, 0.3) is 6.08 Å². The zero-order chi connectivity index (χ0) is 13.8. The molecule has 0 aliphatic carbocycles. The van der Waals surface area contributed by atoms with Gasteiger partial charge in [0.2, 0.25) is 12.7 Å². The molecule has 5 heteroatoms. The molecule has 20 heavy (non-hydrogen) atoms. The molecule has 100 valence electrons. The molecule has 0 atom stereocenters. The summed E-state index contributed by atoms with van der Waals surface area (Å²) in [6.07, 6.45) is 6.42. The maximum Gasteiger partial charge on any atom is 0.248 e. The molecule has 0 spiro atoms. The second-order valence-electron chi connectivity index (χ2n) is 4.18. The smallest absolute Gasteiger partial charge is 0.248 e. The number of nitrogens with zero attached hydrogens (tertiary/aromatic N) is 1. The fourth-order valence-corrected chi connectivity index (χ4v) is 1.81. The topological polar surface area (TPSA) is 60.5 Å². The van der Waals surface area contributed by atoms with Gasteiger partial charge in [0.25, 0.3) is 0 Å². The van der Waals surface area contributed by atoms with Gasteiger partial charge in [0.15, 0.2) is 11.5 Å². The third kappa shape index (κ3) is 2.77. The molecule has 5 nitrogen and oxygen atoms in total. The average Bonchev–Trinajstić information content (AvgIpc) is 2.93. The van der Waals surface area contributed by atoms with Gasteiger partial charge >= 0.3 is 0 Å². The number of ether oxygens (including phenoxy) is 2. The van der Waals surface area contributed by atoms with Crippen molar-refractivity contribution in [3.63, 3.8) is 0 Å². The third-order valence-corrected chi connectivity index (χ3v) is 2.75. The first-order valence-corrected chi connectivity index (χ1v) is 6.10. The Bertz CT molecular complexity index is 653. The van der Waals surface area contributed by atoms with Crippen molar-refractivity contribution in [2.75, 3.05) is 12.1 Å². The SMILES string of the molecule is O=C(/C=C/c1ccc2c(c1)OCO2)Nc1cccnc1. The predicted molar refractivity (Wildman–Crippen MR) is 74.5 cm³/mol. The first-order chi connectivity index (χ1) is 9.81. The number of carbonyl (C=O) groups is 1. The van der Waals surface area contributed by atoms with E-state index in [0.29, 0.717) is 11.4 Å². The molecule has 1 N–H and O–H groups in total. The first kappa shape index (κ1) is 12.2. The van der Waals surface area contributed by atoms with E-state index in [4.69, 9.17) is 9.47 Å². The molecule has 0 fully saturated rings. The summed E-state index contributed by atoms with van der Waals surface area (Å²) in [6, 6.07) is 9.05. The summed E-state index contributed by atoms with van der Waals surface area (Å²) >= 11 is 0. The summed E-state index contributed by atoms with van der Waals surface area (Å²) in [6.45, 7) is 0.240. The van der Waals surface area contributed by atoms with Gasteiger partial charge in [-0.2, -0.15) is 0 Å². The lowest BCUT2D eigenvalue weighted by Gasteiger charge is -2.00. The molecule has 1 aromatic heterocycles. The van der Waals surface area contributed by atoms with E-state index in [-0.39, 0.29) is 12.7 Å². The van der Waals surface area contributed by atoms with Gasteiger partial charge in [0, 0.05) is 12.3 Å². The molecule has 2 aromatic rings. The maximum atomic E-state index is 11.7. The second-order valence-corrected chi connectivity index (χ2v) is 4.18. The van der Waals surface area contributed by atoms with Crippen LogP contribution in [0.15, 0.2) is 48.8 Å². The van der Waals surface area contributed by atoms with Crippen molar-refractivity contribution in [1.29, 1.82) is 0 Å². The quantitative estimate of drug-likeness (QED) is 0.869. The van der Waals surface area contributed by atoms with E-state index in [1.165, 1.54) is 6.08 Å². The number of hydrogen-bond donors (Lipinski definition) is 1. The van der Waals surface area contributed by atoms with Gasteiger partial charge in [0.05, 0.1) is 11.9 Å². The number of hydrogen-bond acceptors (Lipinski definition) is 4. The van der Waals surface area contributed by atoms with Crippen LogP contribution in [0.4, 0.5) is 5.69 Å². The fraction of sp³-hybridized carbons (Fsp3) is 0.0667. The largest absolute Gasteiger partial charge is 0.454 e. The second kappa shape index (κ2) is 5.44. The highest BCUT2D eigenvalue weighted by Crippen LogP contribution is 2.32. The summed E-state index contributed by atoms with van der Waals surface area (Å²) in [4.78, 5) is 15.7. The van der Waals surface area contributed by atoms with E-state index in [9.17, 15) is 4.79 Å². The van der Waals surface area contributed by atoms with Crippen molar-refractivity contribution in [2.45, 2.75) is 0 Å². The Morgan fingerprint density at radius 1 is 1.25 bits per heavy atom. The van der Waals surface area contributed by atoms with Gasteiger partial charge in [-0.25, -0.2) is 0 Å².